The van der Waals surface area contributed by atoms with Gasteiger partial charge in [0.25, 0.3) is 0 Å². The largest absolute Gasteiger partial charge is 0.496 e. The molecule has 0 bridgehead atoms. The SMILES string of the molecule is C=C1CCN(C=O)[C@@H](Cc2ccccc2OC)[C@H]1C. The maximum absolute atomic E-state index is 11.2. The lowest BCUT2D eigenvalue weighted by Crippen LogP contribution is -2.45. The smallest absolute Gasteiger partial charge is 0.209 e. The lowest BCUT2D eigenvalue weighted by atomic mass is 9.83. The minimum absolute atomic E-state index is 0.176. The van der Waals surface area contributed by atoms with Crippen LogP contribution < -0.4 is 4.74 Å². The predicted molar refractivity (Wildman–Crippen MR) is 76.2 cm³/mol. The summed E-state index contributed by atoms with van der Waals surface area (Å²) in [5.74, 6) is 1.21. The normalized spacial score (nSPS) is 23.3. The van der Waals surface area contributed by atoms with E-state index in [1.807, 2.05) is 23.1 Å². The van der Waals surface area contributed by atoms with Gasteiger partial charge in [-0.25, -0.2) is 0 Å². The second kappa shape index (κ2) is 5.91. The molecule has 1 aromatic rings. The van der Waals surface area contributed by atoms with Crippen molar-refractivity contribution in [3.05, 3.63) is 42.0 Å². The lowest BCUT2D eigenvalue weighted by Gasteiger charge is -2.39. The van der Waals surface area contributed by atoms with E-state index in [1.165, 1.54) is 5.57 Å². The fraction of sp³-hybridized carbons (Fsp3) is 0.438. The van der Waals surface area contributed by atoms with E-state index < -0.39 is 0 Å². The zero-order chi connectivity index (χ0) is 13.8. The number of methoxy groups -OCH3 is 1. The van der Waals surface area contributed by atoms with Gasteiger partial charge in [0, 0.05) is 12.6 Å². The zero-order valence-electron chi connectivity index (χ0n) is 11.6. The number of rotatable bonds is 4. The average Bonchev–Trinajstić information content (AvgIpc) is 2.44. The first-order valence-corrected chi connectivity index (χ1v) is 6.68. The van der Waals surface area contributed by atoms with Gasteiger partial charge in [0.2, 0.25) is 6.41 Å². The third-order valence-electron chi connectivity index (χ3n) is 4.10. The molecule has 1 amide bonds. The molecule has 1 heterocycles. The van der Waals surface area contributed by atoms with Crippen molar-refractivity contribution in [2.75, 3.05) is 13.7 Å². The third kappa shape index (κ3) is 2.80. The van der Waals surface area contributed by atoms with Crippen LogP contribution >= 0.6 is 0 Å². The Morgan fingerprint density at radius 2 is 2.21 bits per heavy atom. The highest BCUT2D eigenvalue weighted by atomic mass is 16.5. The van der Waals surface area contributed by atoms with Crippen LogP contribution in [0.1, 0.15) is 18.9 Å². The topological polar surface area (TPSA) is 29.5 Å². The molecule has 102 valence electrons. The summed E-state index contributed by atoms with van der Waals surface area (Å²) in [6.45, 7) is 7.05. The third-order valence-corrected chi connectivity index (χ3v) is 4.10. The number of carbonyl (C=O) groups is 1. The summed E-state index contributed by atoms with van der Waals surface area (Å²) in [5, 5.41) is 0. The quantitative estimate of drug-likeness (QED) is 0.614. The van der Waals surface area contributed by atoms with Gasteiger partial charge in [0.1, 0.15) is 5.75 Å². The summed E-state index contributed by atoms with van der Waals surface area (Å²) in [5.41, 5.74) is 2.38. The number of likely N-dealkylation sites (tertiary alicyclic amines) is 1. The number of hydrogen-bond donors (Lipinski definition) is 0. The van der Waals surface area contributed by atoms with Crippen LogP contribution in [-0.2, 0) is 11.2 Å². The van der Waals surface area contributed by atoms with Crippen LogP contribution in [0, 0.1) is 5.92 Å². The predicted octanol–water partition coefficient (Wildman–Crippen LogP) is 2.66. The van der Waals surface area contributed by atoms with Gasteiger partial charge in [-0.2, -0.15) is 0 Å². The maximum atomic E-state index is 11.2. The van der Waals surface area contributed by atoms with Crippen molar-refractivity contribution < 1.29 is 9.53 Å². The summed E-state index contributed by atoms with van der Waals surface area (Å²) in [6.07, 6.45) is 2.67. The standard InChI is InChI=1S/C16H21NO2/c1-12-8-9-17(11-18)15(13(12)2)10-14-6-4-5-7-16(14)19-3/h4-7,11,13,15H,1,8-10H2,2-3H3/t13-,15-/m0/s1. The average molecular weight is 259 g/mol. The molecular formula is C16H21NO2. The molecule has 1 aromatic carbocycles. The number of amides is 1. The molecule has 19 heavy (non-hydrogen) atoms. The molecular weight excluding hydrogens is 238 g/mol. The molecule has 3 nitrogen and oxygen atoms in total. The number of para-hydroxylation sites is 1. The number of piperidine rings is 1. The zero-order valence-corrected chi connectivity index (χ0v) is 11.6. The first-order chi connectivity index (χ1) is 9.17. The number of ether oxygens (including phenoxy) is 1. The summed E-state index contributed by atoms with van der Waals surface area (Å²) in [7, 11) is 1.68. The van der Waals surface area contributed by atoms with Crippen LogP contribution in [0.15, 0.2) is 36.4 Å². The molecule has 3 heteroatoms. The lowest BCUT2D eigenvalue weighted by molar-refractivity contribution is -0.121. The van der Waals surface area contributed by atoms with Crippen LogP contribution in [0.5, 0.6) is 5.75 Å². The fourth-order valence-corrected chi connectivity index (χ4v) is 2.75. The molecule has 0 spiro atoms. The van der Waals surface area contributed by atoms with E-state index in [0.29, 0.717) is 5.92 Å². The number of hydrogen-bond acceptors (Lipinski definition) is 2. The molecule has 1 aliphatic heterocycles. The molecule has 0 radical (unpaired) electrons. The van der Waals surface area contributed by atoms with Gasteiger partial charge in [-0.05, 0) is 30.4 Å². The van der Waals surface area contributed by atoms with Crippen molar-refractivity contribution in [3.8, 4) is 5.75 Å². The highest BCUT2D eigenvalue weighted by molar-refractivity contribution is 5.49. The molecule has 0 aliphatic carbocycles. The van der Waals surface area contributed by atoms with Crippen LogP contribution in [0.25, 0.3) is 0 Å². The minimum atomic E-state index is 0.176. The van der Waals surface area contributed by atoms with E-state index in [4.69, 9.17) is 4.74 Å². The highest BCUT2D eigenvalue weighted by Crippen LogP contribution is 2.30. The van der Waals surface area contributed by atoms with Gasteiger partial charge in [0.15, 0.2) is 0 Å². The van der Waals surface area contributed by atoms with E-state index in [2.05, 4.69) is 19.6 Å². The molecule has 0 saturated carbocycles. The maximum Gasteiger partial charge on any atom is 0.209 e. The number of benzene rings is 1. The molecule has 0 N–H and O–H groups in total. The van der Waals surface area contributed by atoms with Crippen molar-refractivity contribution in [2.24, 2.45) is 5.92 Å². The fourth-order valence-electron chi connectivity index (χ4n) is 2.75. The second-order valence-corrected chi connectivity index (χ2v) is 5.12. The van der Waals surface area contributed by atoms with Crippen molar-refractivity contribution in [1.29, 1.82) is 0 Å². The Kier molecular flexibility index (Phi) is 4.25. The molecule has 1 fully saturated rings. The molecule has 0 unspecified atom stereocenters. The van der Waals surface area contributed by atoms with Gasteiger partial charge in [-0.15, -0.1) is 0 Å². The van der Waals surface area contributed by atoms with Crippen LogP contribution in [0.3, 0.4) is 0 Å². The Morgan fingerprint density at radius 1 is 1.47 bits per heavy atom. The van der Waals surface area contributed by atoms with Gasteiger partial charge in [0.05, 0.1) is 7.11 Å². The van der Waals surface area contributed by atoms with Gasteiger partial charge < -0.3 is 9.64 Å². The highest BCUT2D eigenvalue weighted by Gasteiger charge is 2.30. The van der Waals surface area contributed by atoms with E-state index in [0.717, 1.165) is 37.1 Å². The van der Waals surface area contributed by atoms with Gasteiger partial charge in [-0.1, -0.05) is 37.3 Å². The van der Waals surface area contributed by atoms with Crippen molar-refractivity contribution >= 4 is 6.41 Å². The summed E-state index contributed by atoms with van der Waals surface area (Å²) < 4.78 is 5.39. The van der Waals surface area contributed by atoms with Crippen molar-refractivity contribution in [1.82, 2.24) is 4.90 Å². The minimum Gasteiger partial charge on any atom is -0.496 e. The van der Waals surface area contributed by atoms with E-state index in [1.54, 1.807) is 7.11 Å². The van der Waals surface area contributed by atoms with Crippen LogP contribution in [0.4, 0.5) is 0 Å². The summed E-state index contributed by atoms with van der Waals surface area (Å²) in [6, 6.07) is 8.17. The van der Waals surface area contributed by atoms with Gasteiger partial charge in [-0.3, -0.25) is 4.79 Å². The molecule has 2 atom stereocenters. The first-order valence-electron chi connectivity index (χ1n) is 6.68. The summed E-state index contributed by atoms with van der Waals surface area (Å²) in [4.78, 5) is 13.1. The molecule has 2 rings (SSSR count). The Morgan fingerprint density at radius 3 is 2.89 bits per heavy atom. The molecule has 1 aliphatic rings. The van der Waals surface area contributed by atoms with Crippen molar-refractivity contribution in [3.63, 3.8) is 0 Å². The Bertz CT molecular complexity index is 468. The van der Waals surface area contributed by atoms with Crippen LogP contribution in [0.2, 0.25) is 0 Å². The van der Waals surface area contributed by atoms with Crippen LogP contribution in [-0.4, -0.2) is 31.0 Å². The van der Waals surface area contributed by atoms with E-state index >= 15 is 0 Å². The Balaban J connectivity index is 2.23. The van der Waals surface area contributed by atoms with Crippen molar-refractivity contribution in [2.45, 2.75) is 25.8 Å². The number of carbonyl (C=O) groups excluding carboxylic acids is 1. The van der Waals surface area contributed by atoms with Gasteiger partial charge >= 0.3 is 0 Å². The Labute approximate surface area is 114 Å². The Hall–Kier alpha value is -1.77. The number of nitrogens with zero attached hydrogens (tertiary/aromatic N) is 1. The first kappa shape index (κ1) is 13.7. The summed E-state index contributed by atoms with van der Waals surface area (Å²) >= 11 is 0. The monoisotopic (exact) mass is 259 g/mol. The second-order valence-electron chi connectivity index (χ2n) is 5.12. The van der Waals surface area contributed by atoms with E-state index in [9.17, 15) is 4.79 Å². The molecule has 0 aromatic heterocycles. The van der Waals surface area contributed by atoms with E-state index in [-0.39, 0.29) is 6.04 Å². The molecule has 1 saturated heterocycles.